The van der Waals surface area contributed by atoms with Crippen LogP contribution >= 0.6 is 34.8 Å². The zero-order valence-corrected chi connectivity index (χ0v) is 18.1. The molecule has 10 heteroatoms. The summed E-state index contributed by atoms with van der Waals surface area (Å²) in [5.74, 6) is 0.988. The van der Waals surface area contributed by atoms with Crippen molar-refractivity contribution in [1.82, 2.24) is 16.2 Å². The van der Waals surface area contributed by atoms with Crippen LogP contribution in [0.3, 0.4) is 0 Å². The van der Waals surface area contributed by atoms with Gasteiger partial charge in [-0.05, 0) is 77.3 Å². The second-order valence-corrected chi connectivity index (χ2v) is 6.84. The van der Waals surface area contributed by atoms with Crippen LogP contribution in [-0.4, -0.2) is 37.8 Å². The first-order chi connectivity index (χ1) is 13.4. The van der Waals surface area contributed by atoms with Gasteiger partial charge in [0.05, 0.1) is 17.8 Å². The van der Waals surface area contributed by atoms with Crippen molar-refractivity contribution in [2.75, 3.05) is 20.8 Å². The molecule has 0 aliphatic heterocycles. The molecule has 0 bridgehead atoms. The van der Waals surface area contributed by atoms with Gasteiger partial charge in [-0.3, -0.25) is 25.8 Å². The van der Waals surface area contributed by atoms with Crippen LogP contribution in [0.25, 0.3) is 0 Å². The minimum absolute atomic E-state index is 0.0476. The van der Waals surface area contributed by atoms with Crippen LogP contribution < -0.4 is 30.4 Å². The third kappa shape index (κ3) is 6.53. The molecule has 0 fully saturated rings. The van der Waals surface area contributed by atoms with Crippen LogP contribution in [0.5, 0.6) is 17.2 Å². The molecule has 0 unspecified atom stereocenters. The van der Waals surface area contributed by atoms with Gasteiger partial charge < -0.3 is 14.2 Å². The molecule has 28 heavy (non-hydrogen) atoms. The van der Waals surface area contributed by atoms with Crippen LogP contribution in [0.1, 0.15) is 10.4 Å². The maximum Gasteiger partial charge on any atom is 0.276 e. The van der Waals surface area contributed by atoms with Gasteiger partial charge in [-0.25, -0.2) is 0 Å². The number of rotatable bonds is 6. The molecule has 148 valence electrons. The molecule has 2 aromatic rings. The minimum Gasteiger partial charge on any atom is -0.497 e. The summed E-state index contributed by atoms with van der Waals surface area (Å²) in [6.45, 7) is -0.230. The average molecular weight is 515 g/mol. The maximum atomic E-state index is 12.2. The summed E-state index contributed by atoms with van der Waals surface area (Å²) in [4.78, 5) is 24.0. The molecule has 0 aliphatic rings. The normalized spacial score (nSPS) is 9.82. The Labute approximate surface area is 181 Å². The van der Waals surface area contributed by atoms with E-state index in [2.05, 4.69) is 38.8 Å². The number of ether oxygens (including phenoxy) is 3. The molecule has 0 saturated heterocycles. The number of hydrogen-bond acceptors (Lipinski definition) is 6. The number of carbonyl (C=O) groups excluding carboxylic acids is 2. The summed E-state index contributed by atoms with van der Waals surface area (Å²) >= 11 is 7.06. The summed E-state index contributed by atoms with van der Waals surface area (Å²) < 4.78 is 16.3. The zero-order chi connectivity index (χ0) is 20.5. The lowest BCUT2D eigenvalue weighted by atomic mass is 10.2. The number of halogens is 1. The molecule has 2 amide bonds. The van der Waals surface area contributed by atoms with Crippen molar-refractivity contribution in [2.24, 2.45) is 0 Å². The van der Waals surface area contributed by atoms with E-state index in [-0.39, 0.29) is 11.7 Å². The van der Waals surface area contributed by atoms with Gasteiger partial charge in [0.2, 0.25) is 0 Å². The predicted octanol–water partition coefficient (Wildman–Crippen LogP) is 2.02. The van der Waals surface area contributed by atoms with Crippen molar-refractivity contribution in [1.29, 1.82) is 0 Å². The Kier molecular flexibility index (Phi) is 8.26. The van der Waals surface area contributed by atoms with E-state index >= 15 is 0 Å². The highest BCUT2D eigenvalue weighted by Gasteiger charge is 2.11. The van der Waals surface area contributed by atoms with Crippen molar-refractivity contribution in [2.45, 2.75) is 0 Å². The Bertz CT molecular complexity index is 861. The molecule has 0 heterocycles. The molecule has 8 nitrogen and oxygen atoms in total. The van der Waals surface area contributed by atoms with E-state index in [0.717, 1.165) is 3.57 Å². The monoisotopic (exact) mass is 515 g/mol. The molecule has 2 rings (SSSR count). The number of amides is 2. The fraction of sp³-hybridized carbons (Fsp3) is 0.167. The van der Waals surface area contributed by atoms with Gasteiger partial charge in [-0.15, -0.1) is 0 Å². The lowest BCUT2D eigenvalue weighted by Gasteiger charge is -2.12. The molecule has 2 aromatic carbocycles. The summed E-state index contributed by atoms with van der Waals surface area (Å²) in [6.07, 6.45) is 0. The van der Waals surface area contributed by atoms with Gasteiger partial charge in [-0.2, -0.15) is 0 Å². The highest BCUT2D eigenvalue weighted by molar-refractivity contribution is 14.1. The molecular weight excluding hydrogens is 497 g/mol. The first-order valence-corrected chi connectivity index (χ1v) is 9.42. The predicted molar refractivity (Wildman–Crippen MR) is 116 cm³/mol. The third-order valence-corrected chi connectivity index (χ3v) is 4.43. The number of thiocarbonyl (C=S) groups is 1. The largest absolute Gasteiger partial charge is 0.497 e. The number of carbonyl (C=O) groups is 2. The Morgan fingerprint density at radius 3 is 2.29 bits per heavy atom. The van der Waals surface area contributed by atoms with Gasteiger partial charge >= 0.3 is 0 Å². The Hall–Kier alpha value is -2.60. The number of nitrogens with one attached hydrogen (secondary N) is 3. The topological polar surface area (TPSA) is 97.9 Å². The van der Waals surface area contributed by atoms with Crippen LogP contribution in [-0.2, 0) is 4.79 Å². The van der Waals surface area contributed by atoms with Crippen molar-refractivity contribution in [3.05, 3.63) is 51.6 Å². The SMILES string of the molecule is COc1ccc(OCC(=O)NNC(=S)NC(=O)c2ccc(OC)c(I)c2)cc1. The van der Waals surface area contributed by atoms with E-state index in [1.165, 1.54) is 0 Å². The first-order valence-electron chi connectivity index (χ1n) is 7.93. The van der Waals surface area contributed by atoms with Crippen molar-refractivity contribution < 1.29 is 23.8 Å². The van der Waals surface area contributed by atoms with Crippen LogP contribution in [0.2, 0.25) is 0 Å². The molecule has 3 N–H and O–H groups in total. The summed E-state index contributed by atoms with van der Waals surface area (Å²) in [7, 11) is 3.11. The van der Waals surface area contributed by atoms with Crippen molar-refractivity contribution in [3.8, 4) is 17.2 Å². The fourth-order valence-electron chi connectivity index (χ4n) is 2.00. The molecular formula is C18H18IN3O5S. The van der Waals surface area contributed by atoms with Gasteiger partial charge in [0.25, 0.3) is 11.8 Å². The van der Waals surface area contributed by atoms with E-state index in [1.807, 2.05) is 0 Å². The smallest absolute Gasteiger partial charge is 0.276 e. The Balaban J connectivity index is 1.75. The van der Waals surface area contributed by atoms with E-state index in [9.17, 15) is 9.59 Å². The van der Waals surface area contributed by atoms with Gasteiger partial charge in [-0.1, -0.05) is 0 Å². The summed E-state index contributed by atoms with van der Waals surface area (Å²) in [5.41, 5.74) is 5.20. The third-order valence-electron chi connectivity index (χ3n) is 3.39. The quantitative estimate of drug-likeness (QED) is 0.308. The molecule has 0 saturated carbocycles. The van der Waals surface area contributed by atoms with E-state index in [4.69, 9.17) is 26.4 Å². The van der Waals surface area contributed by atoms with Crippen LogP contribution in [0, 0.1) is 3.57 Å². The standard InChI is InChI=1S/C18H18IN3O5S/c1-25-12-4-6-13(7-5-12)27-10-16(23)21-22-18(28)20-17(24)11-3-8-15(26-2)14(19)9-11/h3-9H,10H2,1-2H3,(H,21,23)(H2,20,22,24,28). The second kappa shape index (κ2) is 10.7. The molecule has 0 radical (unpaired) electrons. The first kappa shape index (κ1) is 21.7. The van der Waals surface area contributed by atoms with Gasteiger partial charge in [0.15, 0.2) is 11.7 Å². The average Bonchev–Trinajstić information content (AvgIpc) is 2.70. The highest BCUT2D eigenvalue weighted by atomic mass is 127. The zero-order valence-electron chi connectivity index (χ0n) is 15.1. The highest BCUT2D eigenvalue weighted by Crippen LogP contribution is 2.21. The van der Waals surface area contributed by atoms with Crippen molar-refractivity contribution in [3.63, 3.8) is 0 Å². The van der Waals surface area contributed by atoms with Crippen LogP contribution in [0.15, 0.2) is 42.5 Å². The van der Waals surface area contributed by atoms with Crippen molar-refractivity contribution >= 4 is 51.7 Å². The van der Waals surface area contributed by atoms with E-state index in [1.54, 1.807) is 56.7 Å². The fourth-order valence-corrected chi connectivity index (χ4v) is 2.88. The minimum atomic E-state index is -0.466. The number of hydrogen-bond donors (Lipinski definition) is 3. The molecule has 0 atom stereocenters. The Morgan fingerprint density at radius 1 is 1.00 bits per heavy atom. The van der Waals surface area contributed by atoms with E-state index in [0.29, 0.717) is 22.8 Å². The number of hydrazine groups is 1. The molecule has 0 aromatic heterocycles. The van der Waals surface area contributed by atoms with Gasteiger partial charge in [0, 0.05) is 5.56 Å². The summed E-state index contributed by atoms with van der Waals surface area (Å²) in [5, 5.41) is 2.42. The van der Waals surface area contributed by atoms with Gasteiger partial charge in [0.1, 0.15) is 17.2 Å². The summed E-state index contributed by atoms with van der Waals surface area (Å²) in [6, 6.07) is 11.8. The lowest BCUT2D eigenvalue weighted by molar-refractivity contribution is -0.123. The van der Waals surface area contributed by atoms with Crippen LogP contribution in [0.4, 0.5) is 0 Å². The molecule has 0 aliphatic carbocycles. The number of benzene rings is 2. The maximum absolute atomic E-state index is 12.2. The van der Waals surface area contributed by atoms with E-state index < -0.39 is 11.8 Å². The second-order valence-electron chi connectivity index (χ2n) is 5.27. The lowest BCUT2D eigenvalue weighted by Crippen LogP contribution is -2.49. The Morgan fingerprint density at radius 2 is 1.68 bits per heavy atom. The molecule has 0 spiro atoms. The number of methoxy groups -OCH3 is 2.